The summed E-state index contributed by atoms with van der Waals surface area (Å²) in [5.41, 5.74) is 5.42. The maximum Gasteiger partial charge on any atom is 0.420 e. The number of furan rings is 1. The second-order valence-electron chi connectivity index (χ2n) is 6.41. The summed E-state index contributed by atoms with van der Waals surface area (Å²) in [6.07, 6.45) is -1.84. The lowest BCUT2D eigenvalue weighted by Crippen LogP contribution is -2.13. The maximum atomic E-state index is 13.7. The van der Waals surface area contributed by atoms with E-state index >= 15 is 0 Å². The van der Waals surface area contributed by atoms with Crippen LogP contribution in [-0.2, 0) is 17.4 Å². The smallest absolute Gasteiger partial charge is 0.420 e. The zero-order valence-electron chi connectivity index (χ0n) is 14.7. The van der Waals surface area contributed by atoms with Crippen LogP contribution < -0.4 is 5.73 Å². The summed E-state index contributed by atoms with van der Waals surface area (Å²) >= 11 is 6.42. The molecule has 1 aromatic carbocycles. The first-order chi connectivity index (χ1) is 13.7. The van der Waals surface area contributed by atoms with Crippen LogP contribution in [0.5, 0.6) is 0 Å². The van der Waals surface area contributed by atoms with E-state index in [-0.39, 0.29) is 34.2 Å². The number of nitrogens with two attached hydrogens (primary N) is 1. The molecule has 29 heavy (non-hydrogen) atoms. The van der Waals surface area contributed by atoms with Crippen molar-refractivity contribution in [3.63, 3.8) is 0 Å². The second-order valence-corrected chi connectivity index (χ2v) is 6.76. The third-order valence-corrected chi connectivity index (χ3v) is 4.71. The zero-order chi connectivity index (χ0) is 20.8. The highest BCUT2D eigenvalue weighted by Gasteiger charge is 2.35. The average molecular weight is 420 g/mol. The second kappa shape index (κ2) is 6.97. The van der Waals surface area contributed by atoms with Gasteiger partial charge in [-0.25, -0.2) is 4.98 Å². The molecule has 9 heteroatoms. The van der Waals surface area contributed by atoms with E-state index in [0.717, 1.165) is 6.07 Å². The number of carbonyl (C=O) groups is 1. The molecule has 1 amide bonds. The predicted molar refractivity (Wildman–Crippen MR) is 101 cm³/mol. The maximum absolute atomic E-state index is 13.7. The fourth-order valence-corrected chi connectivity index (χ4v) is 3.40. The summed E-state index contributed by atoms with van der Waals surface area (Å²) in [6, 6.07) is 10.7. The summed E-state index contributed by atoms with van der Waals surface area (Å²) < 4.78 is 47.5. The minimum Gasteiger partial charge on any atom is -0.464 e. The van der Waals surface area contributed by atoms with Crippen molar-refractivity contribution in [2.24, 2.45) is 5.73 Å². The molecule has 0 saturated heterocycles. The fraction of sp³-hybridized carbons (Fsp3) is 0.100. The van der Waals surface area contributed by atoms with Gasteiger partial charge in [-0.1, -0.05) is 29.8 Å². The van der Waals surface area contributed by atoms with Gasteiger partial charge in [0.2, 0.25) is 5.91 Å². The molecule has 0 spiro atoms. The van der Waals surface area contributed by atoms with Gasteiger partial charge in [0.25, 0.3) is 0 Å². The summed E-state index contributed by atoms with van der Waals surface area (Å²) in [5, 5.41) is 0.00938. The predicted octanol–water partition coefficient (Wildman–Crippen LogP) is 4.96. The normalized spacial score (nSPS) is 11.9. The highest BCUT2D eigenvalue weighted by Crippen LogP contribution is 2.39. The van der Waals surface area contributed by atoms with Crippen LogP contribution in [0.2, 0.25) is 5.15 Å². The zero-order valence-corrected chi connectivity index (χ0v) is 15.5. The standard InChI is InChI=1S/C20H13ClF3N3O2/c21-18-17(12-4-1-3-11(7-12)8-16(25)28)26-19-14(20(22,23)24)9-13(10-27(18)19)15-5-2-6-29-15/h1-7,9-10H,8H2,(H2,25,28). The Balaban J connectivity index is 1.94. The van der Waals surface area contributed by atoms with Crippen LogP contribution in [0.15, 0.2) is 59.3 Å². The molecule has 0 aliphatic heterocycles. The molecule has 0 aliphatic carbocycles. The fourth-order valence-electron chi connectivity index (χ4n) is 3.12. The number of halogens is 4. The number of alkyl halides is 3. The number of primary amides is 1. The Morgan fingerprint density at radius 2 is 1.97 bits per heavy atom. The van der Waals surface area contributed by atoms with Crippen LogP contribution in [0.25, 0.3) is 28.2 Å². The molecule has 0 unspecified atom stereocenters. The molecule has 5 nitrogen and oxygen atoms in total. The van der Waals surface area contributed by atoms with Gasteiger partial charge in [0, 0.05) is 17.3 Å². The number of aromatic nitrogens is 2. The Morgan fingerprint density at radius 3 is 2.62 bits per heavy atom. The van der Waals surface area contributed by atoms with Crippen LogP contribution in [0.3, 0.4) is 0 Å². The summed E-state index contributed by atoms with van der Waals surface area (Å²) in [6.45, 7) is 0. The number of fused-ring (bicyclic) bond motifs is 1. The number of carbonyl (C=O) groups excluding carboxylic acids is 1. The van der Waals surface area contributed by atoms with Gasteiger partial charge in [-0.15, -0.1) is 0 Å². The molecule has 2 N–H and O–H groups in total. The summed E-state index contributed by atoms with van der Waals surface area (Å²) in [5.74, 6) is -0.252. The topological polar surface area (TPSA) is 73.5 Å². The van der Waals surface area contributed by atoms with E-state index in [4.69, 9.17) is 21.8 Å². The number of pyridine rings is 1. The van der Waals surface area contributed by atoms with E-state index in [1.807, 2.05) is 0 Å². The molecule has 0 aliphatic rings. The Morgan fingerprint density at radius 1 is 1.17 bits per heavy atom. The first-order valence-electron chi connectivity index (χ1n) is 8.44. The Hall–Kier alpha value is -3.26. The van der Waals surface area contributed by atoms with Gasteiger partial charge in [-0.3, -0.25) is 9.20 Å². The SMILES string of the molecule is NC(=O)Cc1cccc(-c2nc3c(C(F)(F)F)cc(-c4ccco4)cn3c2Cl)c1. The quantitative estimate of drug-likeness (QED) is 0.508. The Bertz CT molecular complexity index is 1210. The lowest BCUT2D eigenvalue weighted by atomic mass is 10.1. The number of hydrogen-bond donors (Lipinski definition) is 1. The van der Waals surface area contributed by atoms with Crippen LogP contribution in [-0.4, -0.2) is 15.3 Å². The van der Waals surface area contributed by atoms with Crippen LogP contribution in [0.4, 0.5) is 13.2 Å². The molecular weight excluding hydrogens is 407 g/mol. The highest BCUT2D eigenvalue weighted by molar-refractivity contribution is 6.32. The van der Waals surface area contributed by atoms with Gasteiger partial charge in [0.05, 0.1) is 18.2 Å². The number of nitrogens with zero attached hydrogens (tertiary/aromatic N) is 2. The highest BCUT2D eigenvalue weighted by atomic mass is 35.5. The number of amides is 1. The van der Waals surface area contributed by atoms with E-state index in [1.165, 1.54) is 16.9 Å². The van der Waals surface area contributed by atoms with Crippen molar-refractivity contribution in [2.75, 3.05) is 0 Å². The average Bonchev–Trinajstić information content (AvgIpc) is 3.28. The third kappa shape index (κ3) is 3.58. The number of hydrogen-bond acceptors (Lipinski definition) is 3. The first-order valence-corrected chi connectivity index (χ1v) is 8.82. The van der Waals surface area contributed by atoms with Crippen LogP contribution >= 0.6 is 11.6 Å². The molecule has 0 atom stereocenters. The number of imidazole rings is 1. The van der Waals surface area contributed by atoms with Crippen molar-refractivity contribution < 1.29 is 22.4 Å². The van der Waals surface area contributed by atoms with Gasteiger partial charge >= 0.3 is 6.18 Å². The Kier molecular flexibility index (Phi) is 4.58. The number of rotatable bonds is 4. The van der Waals surface area contributed by atoms with Crippen molar-refractivity contribution in [2.45, 2.75) is 12.6 Å². The van der Waals surface area contributed by atoms with Gasteiger partial charge in [-0.2, -0.15) is 13.2 Å². The monoisotopic (exact) mass is 419 g/mol. The largest absolute Gasteiger partial charge is 0.464 e. The lowest BCUT2D eigenvalue weighted by molar-refractivity contribution is -0.136. The minimum absolute atomic E-state index is 0.00469. The third-order valence-electron chi connectivity index (χ3n) is 4.35. The van der Waals surface area contributed by atoms with Crippen molar-refractivity contribution in [1.29, 1.82) is 0 Å². The van der Waals surface area contributed by atoms with E-state index < -0.39 is 17.6 Å². The van der Waals surface area contributed by atoms with Crippen molar-refractivity contribution in [3.8, 4) is 22.6 Å². The van der Waals surface area contributed by atoms with Gasteiger partial charge < -0.3 is 10.2 Å². The summed E-state index contributed by atoms with van der Waals surface area (Å²) in [4.78, 5) is 15.3. The molecule has 3 heterocycles. The van der Waals surface area contributed by atoms with Crippen LogP contribution in [0, 0.1) is 0 Å². The molecule has 3 aromatic heterocycles. The van der Waals surface area contributed by atoms with E-state index in [1.54, 1.807) is 36.4 Å². The van der Waals surface area contributed by atoms with Crippen LogP contribution in [0.1, 0.15) is 11.1 Å². The molecule has 0 fully saturated rings. The first kappa shape index (κ1) is 19.1. The molecule has 4 aromatic rings. The van der Waals surface area contributed by atoms with E-state index in [2.05, 4.69) is 4.98 Å². The van der Waals surface area contributed by atoms with Crippen molar-refractivity contribution in [3.05, 3.63) is 71.2 Å². The lowest BCUT2D eigenvalue weighted by Gasteiger charge is -2.10. The van der Waals surface area contributed by atoms with Gasteiger partial charge in [-0.05, 0) is 29.8 Å². The molecule has 4 rings (SSSR count). The van der Waals surface area contributed by atoms with Gasteiger partial charge in [0.15, 0.2) is 5.65 Å². The minimum atomic E-state index is -4.65. The van der Waals surface area contributed by atoms with E-state index in [9.17, 15) is 18.0 Å². The molecule has 148 valence electrons. The van der Waals surface area contributed by atoms with E-state index in [0.29, 0.717) is 11.1 Å². The molecule has 0 bridgehead atoms. The molecule has 0 radical (unpaired) electrons. The number of benzene rings is 1. The van der Waals surface area contributed by atoms with Crippen molar-refractivity contribution >= 4 is 23.2 Å². The molecular formula is C20H13ClF3N3O2. The summed E-state index contributed by atoms with van der Waals surface area (Å²) in [7, 11) is 0. The van der Waals surface area contributed by atoms with Gasteiger partial charge in [0.1, 0.15) is 16.6 Å². The Labute approximate surface area is 167 Å². The van der Waals surface area contributed by atoms with Crippen molar-refractivity contribution in [1.82, 2.24) is 9.38 Å². The molecule has 0 saturated carbocycles.